The molecule has 3 rings (SSSR count). The number of unbranched alkanes of at least 4 members (excludes halogenated alkanes) is 3. The van der Waals surface area contributed by atoms with Crippen LogP contribution < -0.4 is 4.90 Å². The summed E-state index contributed by atoms with van der Waals surface area (Å²) in [7, 11) is 3.62. The van der Waals surface area contributed by atoms with Gasteiger partial charge in [0.1, 0.15) is 6.29 Å². The van der Waals surface area contributed by atoms with Crippen LogP contribution in [0.4, 0.5) is 5.82 Å². The molecule has 1 saturated heterocycles. The Bertz CT molecular complexity index is 594. The first-order valence-electron chi connectivity index (χ1n) is 7.90. The van der Waals surface area contributed by atoms with Crippen molar-refractivity contribution in [1.82, 2.24) is 14.5 Å². The smallest absolute Gasteiger partial charge is 0.328 e. The van der Waals surface area contributed by atoms with Crippen LogP contribution in [0.3, 0.4) is 0 Å². The van der Waals surface area contributed by atoms with Gasteiger partial charge in [-0.2, -0.15) is 0 Å². The zero-order valence-electron chi connectivity index (χ0n) is 13.5. The van der Waals surface area contributed by atoms with Gasteiger partial charge in [0.15, 0.2) is 11.5 Å². The molecule has 23 heavy (non-hydrogen) atoms. The number of imidazole rings is 1. The van der Waals surface area contributed by atoms with Crippen LogP contribution in [-0.2, 0) is 21.3 Å². The van der Waals surface area contributed by atoms with Gasteiger partial charge in [-0.25, -0.2) is 4.98 Å². The van der Waals surface area contributed by atoms with E-state index in [1.54, 1.807) is 27.7 Å². The van der Waals surface area contributed by atoms with E-state index in [4.69, 9.17) is 9.47 Å². The number of hydrogen-bond donors (Lipinski definition) is 0. The lowest BCUT2D eigenvalue weighted by Gasteiger charge is -2.47. The Morgan fingerprint density at radius 3 is 2.70 bits per heavy atom. The average molecular weight is 322 g/mol. The zero-order valence-corrected chi connectivity index (χ0v) is 13.5. The van der Waals surface area contributed by atoms with E-state index in [0.717, 1.165) is 25.5 Å². The summed E-state index contributed by atoms with van der Waals surface area (Å²) in [6.07, 6.45) is 5.59. The van der Waals surface area contributed by atoms with Gasteiger partial charge in [0.05, 0.1) is 19.5 Å². The van der Waals surface area contributed by atoms with E-state index < -0.39 is 6.03 Å². The SMILES string of the molecule is CN1c2ncn(C)c2C(=O)N(CCCCCC=O)C12OCCO2. The molecule has 0 aromatic carbocycles. The van der Waals surface area contributed by atoms with E-state index in [1.165, 1.54) is 0 Å². The van der Waals surface area contributed by atoms with Gasteiger partial charge < -0.3 is 18.8 Å². The third-order valence-electron chi connectivity index (χ3n) is 4.32. The summed E-state index contributed by atoms with van der Waals surface area (Å²) in [4.78, 5) is 31.1. The van der Waals surface area contributed by atoms with Gasteiger partial charge in [-0.3, -0.25) is 14.6 Å². The number of aromatic nitrogens is 2. The molecule has 1 fully saturated rings. The summed E-state index contributed by atoms with van der Waals surface area (Å²) in [6.45, 7) is 1.37. The molecule has 0 N–H and O–H groups in total. The maximum absolute atomic E-state index is 12.9. The Balaban J connectivity index is 1.84. The van der Waals surface area contributed by atoms with Crippen molar-refractivity contribution in [3.05, 3.63) is 12.0 Å². The van der Waals surface area contributed by atoms with Crippen LogP contribution in [0.5, 0.6) is 0 Å². The molecule has 8 heteroatoms. The fourth-order valence-electron chi connectivity index (χ4n) is 3.14. The molecule has 1 aromatic rings. The summed E-state index contributed by atoms with van der Waals surface area (Å²) in [6, 6.07) is -1.21. The number of anilines is 1. The molecular formula is C15H22N4O4. The van der Waals surface area contributed by atoms with Gasteiger partial charge in [0.25, 0.3) is 5.91 Å². The number of carbonyl (C=O) groups excluding carboxylic acids is 2. The highest BCUT2D eigenvalue weighted by molar-refractivity contribution is 5.99. The van der Waals surface area contributed by atoms with Crippen LogP contribution in [0.15, 0.2) is 6.33 Å². The van der Waals surface area contributed by atoms with Crippen molar-refractivity contribution in [2.75, 3.05) is 31.7 Å². The van der Waals surface area contributed by atoms with Crippen LogP contribution in [-0.4, -0.2) is 59.5 Å². The molecule has 0 aliphatic carbocycles. The second kappa shape index (κ2) is 6.29. The number of fused-ring (bicyclic) bond motifs is 1. The number of aldehydes is 1. The third-order valence-corrected chi connectivity index (χ3v) is 4.32. The normalized spacial score (nSPS) is 19.5. The number of hydrogen-bond acceptors (Lipinski definition) is 6. The fraction of sp³-hybridized carbons (Fsp3) is 0.667. The van der Waals surface area contributed by atoms with Crippen molar-refractivity contribution >= 4 is 18.0 Å². The van der Waals surface area contributed by atoms with Crippen molar-refractivity contribution in [2.45, 2.75) is 31.7 Å². The maximum atomic E-state index is 12.9. The van der Waals surface area contributed by atoms with Gasteiger partial charge >= 0.3 is 6.03 Å². The van der Waals surface area contributed by atoms with Gasteiger partial charge in [-0.15, -0.1) is 0 Å². The Kier molecular flexibility index (Phi) is 4.36. The predicted molar refractivity (Wildman–Crippen MR) is 81.8 cm³/mol. The van der Waals surface area contributed by atoms with Crippen molar-refractivity contribution in [3.63, 3.8) is 0 Å². The number of nitrogens with zero attached hydrogens (tertiary/aromatic N) is 4. The first-order valence-corrected chi connectivity index (χ1v) is 7.90. The van der Waals surface area contributed by atoms with Crippen LogP contribution in [0.25, 0.3) is 0 Å². The summed E-state index contributed by atoms with van der Waals surface area (Å²) in [5, 5.41) is 0. The summed E-state index contributed by atoms with van der Waals surface area (Å²) < 4.78 is 13.4. The van der Waals surface area contributed by atoms with Crippen molar-refractivity contribution in [3.8, 4) is 0 Å². The topological polar surface area (TPSA) is 76.9 Å². The van der Waals surface area contributed by atoms with E-state index in [2.05, 4.69) is 4.98 Å². The van der Waals surface area contributed by atoms with Gasteiger partial charge in [-0.1, -0.05) is 6.42 Å². The lowest BCUT2D eigenvalue weighted by Crippen LogP contribution is -2.66. The first-order chi connectivity index (χ1) is 11.1. The molecule has 0 atom stereocenters. The number of amides is 1. The van der Waals surface area contributed by atoms with Crippen molar-refractivity contribution in [1.29, 1.82) is 0 Å². The number of aryl methyl sites for hydroxylation is 1. The highest BCUT2D eigenvalue weighted by atomic mass is 16.8. The number of ether oxygens (including phenoxy) is 2. The highest BCUT2D eigenvalue weighted by Crippen LogP contribution is 2.38. The fourth-order valence-corrected chi connectivity index (χ4v) is 3.14. The Hall–Kier alpha value is -1.93. The Labute approximate surface area is 135 Å². The Morgan fingerprint density at radius 1 is 1.26 bits per heavy atom. The number of carbonyl (C=O) groups is 2. The highest BCUT2D eigenvalue weighted by Gasteiger charge is 2.55. The minimum absolute atomic E-state index is 0.143. The van der Waals surface area contributed by atoms with Gasteiger partial charge in [0, 0.05) is 27.1 Å². The summed E-state index contributed by atoms with van der Waals surface area (Å²) in [5.74, 6) is 0.423. The van der Waals surface area contributed by atoms with Crippen molar-refractivity contribution in [2.24, 2.45) is 7.05 Å². The van der Waals surface area contributed by atoms with Crippen LogP contribution in [0, 0.1) is 0 Å². The van der Waals surface area contributed by atoms with Crippen LogP contribution >= 0.6 is 0 Å². The molecular weight excluding hydrogens is 300 g/mol. The van der Waals surface area contributed by atoms with Crippen LogP contribution in [0.1, 0.15) is 36.2 Å². The standard InChI is InChI=1S/C15H22N4O4/c1-17-11-16-13-12(17)14(21)19(7-5-3-4-6-8-20)15(18(13)2)22-9-10-23-15/h8,11H,3-7,9-10H2,1-2H3. The molecule has 8 nitrogen and oxygen atoms in total. The molecule has 1 amide bonds. The monoisotopic (exact) mass is 322 g/mol. The van der Waals surface area contributed by atoms with Crippen molar-refractivity contribution < 1.29 is 19.1 Å². The van der Waals surface area contributed by atoms with E-state index in [0.29, 0.717) is 37.7 Å². The third kappa shape index (κ3) is 2.51. The minimum atomic E-state index is -1.21. The molecule has 0 bridgehead atoms. The lowest BCUT2D eigenvalue weighted by molar-refractivity contribution is -0.240. The quantitative estimate of drug-likeness (QED) is 0.568. The molecule has 1 aromatic heterocycles. The second-order valence-electron chi connectivity index (χ2n) is 5.80. The largest absolute Gasteiger partial charge is 0.346 e. The average Bonchev–Trinajstić information content (AvgIpc) is 3.16. The predicted octanol–water partition coefficient (Wildman–Crippen LogP) is 0.729. The lowest BCUT2D eigenvalue weighted by atomic mass is 10.1. The van der Waals surface area contributed by atoms with E-state index in [1.807, 2.05) is 7.05 Å². The van der Waals surface area contributed by atoms with Crippen LogP contribution in [0.2, 0.25) is 0 Å². The zero-order chi connectivity index (χ0) is 16.4. The molecule has 2 aliphatic rings. The number of rotatable bonds is 6. The molecule has 1 spiro atoms. The summed E-state index contributed by atoms with van der Waals surface area (Å²) >= 11 is 0. The first kappa shape index (κ1) is 15.9. The van der Waals surface area contributed by atoms with Gasteiger partial charge in [-0.05, 0) is 12.8 Å². The Morgan fingerprint density at radius 2 is 2.00 bits per heavy atom. The minimum Gasteiger partial charge on any atom is -0.328 e. The van der Waals surface area contributed by atoms with E-state index in [9.17, 15) is 9.59 Å². The molecule has 126 valence electrons. The molecule has 0 saturated carbocycles. The molecule has 2 aliphatic heterocycles. The van der Waals surface area contributed by atoms with E-state index >= 15 is 0 Å². The molecule has 0 radical (unpaired) electrons. The van der Waals surface area contributed by atoms with E-state index in [-0.39, 0.29) is 5.91 Å². The summed E-state index contributed by atoms with van der Waals surface area (Å²) in [5.41, 5.74) is 0.533. The van der Waals surface area contributed by atoms with Gasteiger partial charge in [0.2, 0.25) is 0 Å². The molecule has 0 unspecified atom stereocenters. The molecule has 3 heterocycles. The maximum Gasteiger partial charge on any atom is 0.346 e. The second-order valence-corrected chi connectivity index (χ2v) is 5.80.